The summed E-state index contributed by atoms with van der Waals surface area (Å²) in [5, 5.41) is 8.32. The van der Waals surface area contributed by atoms with Crippen molar-refractivity contribution in [1.82, 2.24) is 24.9 Å². The normalized spacial score (nSPS) is 10.8. The van der Waals surface area contributed by atoms with Gasteiger partial charge in [0.1, 0.15) is 5.69 Å². The molecule has 0 bridgehead atoms. The molecule has 4 aromatic rings. The number of benzene rings is 1. The van der Waals surface area contributed by atoms with Gasteiger partial charge in [-0.2, -0.15) is 10.1 Å². The molecule has 0 aliphatic heterocycles. The molecule has 0 aliphatic rings. The Labute approximate surface area is 149 Å². The highest BCUT2D eigenvalue weighted by atomic mass is 16.5. The van der Waals surface area contributed by atoms with Gasteiger partial charge in [-0.1, -0.05) is 35.0 Å². The van der Waals surface area contributed by atoms with Crippen LogP contribution in [0.1, 0.15) is 11.1 Å². The quantitative estimate of drug-likeness (QED) is 0.565. The first kappa shape index (κ1) is 15.9. The average Bonchev–Trinajstić information content (AvgIpc) is 3.14. The lowest BCUT2D eigenvalue weighted by atomic mass is 10.1. The molecule has 7 nitrogen and oxygen atoms in total. The Hall–Kier alpha value is -3.61. The summed E-state index contributed by atoms with van der Waals surface area (Å²) in [6.07, 6.45) is 3.33. The summed E-state index contributed by atoms with van der Waals surface area (Å²) in [6, 6.07) is 14.6. The van der Waals surface area contributed by atoms with E-state index in [9.17, 15) is 4.79 Å². The predicted octanol–water partition coefficient (Wildman–Crippen LogP) is 2.71. The molecule has 0 unspecified atom stereocenters. The number of hydrogen-bond donors (Lipinski definition) is 0. The van der Waals surface area contributed by atoms with E-state index in [-0.39, 0.29) is 11.4 Å². The molecule has 0 fully saturated rings. The van der Waals surface area contributed by atoms with Gasteiger partial charge in [-0.3, -0.25) is 9.78 Å². The fourth-order valence-corrected chi connectivity index (χ4v) is 2.60. The van der Waals surface area contributed by atoms with Crippen LogP contribution in [0.4, 0.5) is 0 Å². The monoisotopic (exact) mass is 345 g/mol. The third-order valence-electron chi connectivity index (χ3n) is 3.85. The third-order valence-corrected chi connectivity index (χ3v) is 3.85. The topological polar surface area (TPSA) is 86.7 Å². The highest BCUT2D eigenvalue weighted by molar-refractivity contribution is 5.56. The van der Waals surface area contributed by atoms with E-state index >= 15 is 0 Å². The molecule has 0 aliphatic carbocycles. The Morgan fingerprint density at radius 3 is 2.85 bits per heavy atom. The SMILES string of the molecule is Cc1cccc(Cn2nc(-c3nc(-c4cccnc4)no3)ccc2=O)c1. The number of nitrogens with zero attached hydrogens (tertiary/aromatic N) is 5. The maximum absolute atomic E-state index is 12.1. The standard InChI is InChI=1S/C19H15N5O2/c1-13-4-2-5-14(10-13)12-24-17(25)8-7-16(22-24)19-21-18(23-26-19)15-6-3-9-20-11-15/h2-11H,12H2,1H3. The summed E-state index contributed by atoms with van der Waals surface area (Å²) in [6.45, 7) is 2.38. The first-order valence-corrected chi connectivity index (χ1v) is 8.07. The van der Waals surface area contributed by atoms with Gasteiger partial charge in [-0.15, -0.1) is 0 Å². The summed E-state index contributed by atoms with van der Waals surface area (Å²) < 4.78 is 6.69. The number of hydrogen-bond acceptors (Lipinski definition) is 6. The van der Waals surface area contributed by atoms with Gasteiger partial charge in [0.05, 0.1) is 6.54 Å². The molecule has 3 heterocycles. The second-order valence-corrected chi connectivity index (χ2v) is 5.87. The molecule has 26 heavy (non-hydrogen) atoms. The minimum absolute atomic E-state index is 0.192. The zero-order valence-corrected chi connectivity index (χ0v) is 14.0. The van der Waals surface area contributed by atoms with Crippen LogP contribution in [0.25, 0.3) is 23.0 Å². The molecule has 0 amide bonds. The van der Waals surface area contributed by atoms with Gasteiger partial charge in [0.2, 0.25) is 5.82 Å². The van der Waals surface area contributed by atoms with Gasteiger partial charge in [-0.25, -0.2) is 4.68 Å². The lowest BCUT2D eigenvalue weighted by molar-refractivity contribution is 0.429. The lowest BCUT2D eigenvalue weighted by Crippen LogP contribution is -2.22. The molecule has 0 atom stereocenters. The third kappa shape index (κ3) is 3.27. The molecule has 0 spiro atoms. The molecule has 128 valence electrons. The van der Waals surface area contributed by atoms with Crippen molar-refractivity contribution in [2.24, 2.45) is 0 Å². The average molecular weight is 345 g/mol. The van der Waals surface area contributed by atoms with Gasteiger partial charge in [0.25, 0.3) is 11.4 Å². The van der Waals surface area contributed by atoms with Crippen LogP contribution in [0.3, 0.4) is 0 Å². The van der Waals surface area contributed by atoms with Gasteiger partial charge < -0.3 is 4.52 Å². The summed E-state index contributed by atoms with van der Waals surface area (Å²) in [7, 11) is 0. The molecule has 0 radical (unpaired) electrons. The largest absolute Gasteiger partial charge is 0.332 e. The highest BCUT2D eigenvalue weighted by Crippen LogP contribution is 2.19. The van der Waals surface area contributed by atoms with E-state index in [4.69, 9.17) is 4.52 Å². The Morgan fingerprint density at radius 1 is 1.12 bits per heavy atom. The summed E-state index contributed by atoms with van der Waals surface area (Å²) in [4.78, 5) is 20.5. The first-order valence-electron chi connectivity index (χ1n) is 8.07. The molecular weight excluding hydrogens is 330 g/mol. The number of aromatic nitrogens is 5. The molecule has 1 aromatic carbocycles. The van der Waals surface area contributed by atoms with Crippen molar-refractivity contribution in [2.45, 2.75) is 13.5 Å². The Morgan fingerprint density at radius 2 is 2.04 bits per heavy atom. The maximum atomic E-state index is 12.1. The van der Waals surface area contributed by atoms with E-state index in [1.165, 1.54) is 10.7 Å². The van der Waals surface area contributed by atoms with Crippen LogP contribution in [0, 0.1) is 6.92 Å². The minimum Gasteiger partial charge on any atom is -0.332 e. The Kier molecular flexibility index (Phi) is 4.10. The van der Waals surface area contributed by atoms with Crippen LogP contribution in [0.5, 0.6) is 0 Å². The lowest BCUT2D eigenvalue weighted by Gasteiger charge is -2.06. The Bertz CT molecular complexity index is 1100. The van der Waals surface area contributed by atoms with E-state index in [1.54, 1.807) is 24.5 Å². The zero-order chi connectivity index (χ0) is 17.9. The molecule has 0 saturated carbocycles. The summed E-state index contributed by atoms with van der Waals surface area (Å²) >= 11 is 0. The molecular formula is C19H15N5O2. The first-order chi connectivity index (χ1) is 12.7. The van der Waals surface area contributed by atoms with E-state index in [0.717, 1.165) is 16.7 Å². The Balaban J connectivity index is 1.66. The smallest absolute Gasteiger partial charge is 0.278 e. The van der Waals surface area contributed by atoms with Crippen molar-refractivity contribution in [2.75, 3.05) is 0 Å². The second-order valence-electron chi connectivity index (χ2n) is 5.87. The van der Waals surface area contributed by atoms with Crippen LogP contribution in [-0.4, -0.2) is 24.9 Å². The van der Waals surface area contributed by atoms with Crippen molar-refractivity contribution in [3.8, 4) is 23.0 Å². The van der Waals surface area contributed by atoms with Crippen molar-refractivity contribution >= 4 is 0 Å². The second kappa shape index (κ2) is 6.72. The molecule has 4 rings (SSSR count). The zero-order valence-electron chi connectivity index (χ0n) is 14.0. The van der Waals surface area contributed by atoms with E-state index in [2.05, 4.69) is 20.2 Å². The van der Waals surface area contributed by atoms with Crippen LogP contribution in [0.2, 0.25) is 0 Å². The highest BCUT2D eigenvalue weighted by Gasteiger charge is 2.13. The van der Waals surface area contributed by atoms with Crippen LogP contribution < -0.4 is 5.56 Å². The van der Waals surface area contributed by atoms with Crippen molar-refractivity contribution in [3.63, 3.8) is 0 Å². The van der Waals surface area contributed by atoms with E-state index in [1.807, 2.05) is 37.3 Å². The fraction of sp³-hybridized carbons (Fsp3) is 0.105. The number of rotatable bonds is 4. The summed E-state index contributed by atoms with van der Waals surface area (Å²) in [5.41, 5.74) is 3.13. The minimum atomic E-state index is -0.192. The molecule has 3 aromatic heterocycles. The van der Waals surface area contributed by atoms with Crippen LogP contribution in [0.15, 0.2) is 70.2 Å². The van der Waals surface area contributed by atoms with Crippen molar-refractivity contribution < 1.29 is 4.52 Å². The summed E-state index contributed by atoms with van der Waals surface area (Å²) in [5.74, 6) is 0.674. The van der Waals surface area contributed by atoms with Crippen LogP contribution >= 0.6 is 0 Å². The van der Waals surface area contributed by atoms with Crippen molar-refractivity contribution in [3.05, 3.63) is 82.4 Å². The predicted molar refractivity (Wildman–Crippen MR) is 95.3 cm³/mol. The fourth-order valence-electron chi connectivity index (χ4n) is 2.60. The molecule has 0 saturated heterocycles. The van der Waals surface area contributed by atoms with Gasteiger partial charge in [0.15, 0.2) is 0 Å². The maximum Gasteiger partial charge on any atom is 0.278 e. The van der Waals surface area contributed by atoms with E-state index in [0.29, 0.717) is 18.1 Å². The van der Waals surface area contributed by atoms with Gasteiger partial charge in [-0.05, 0) is 30.7 Å². The van der Waals surface area contributed by atoms with Gasteiger partial charge >= 0.3 is 0 Å². The number of pyridine rings is 1. The van der Waals surface area contributed by atoms with Gasteiger partial charge in [0, 0.05) is 24.0 Å². The van der Waals surface area contributed by atoms with Crippen molar-refractivity contribution in [1.29, 1.82) is 0 Å². The number of aryl methyl sites for hydroxylation is 1. The molecule has 7 heteroatoms. The molecule has 0 N–H and O–H groups in total. The van der Waals surface area contributed by atoms with Crippen LogP contribution in [-0.2, 0) is 6.54 Å². The van der Waals surface area contributed by atoms with E-state index < -0.39 is 0 Å².